The molecule has 3 nitrogen and oxygen atoms in total. The Balaban J connectivity index is 3.47. The molecule has 17 heavy (non-hydrogen) atoms. The molecule has 0 aromatic rings. The molecule has 0 saturated carbocycles. The first-order valence-electron chi connectivity index (χ1n) is 5.69. The van der Waals surface area contributed by atoms with Gasteiger partial charge in [0.2, 0.25) is 5.91 Å². The molecule has 2 N–H and O–H groups in total. The zero-order valence-electron chi connectivity index (χ0n) is 10.6. The zero-order valence-corrected chi connectivity index (χ0v) is 10.6. The molecular formula is C11H21F3N2O. The molecule has 6 heteroatoms. The maximum atomic E-state index is 11.8. The lowest BCUT2D eigenvalue weighted by atomic mass is 10.1. The number of halogens is 3. The third-order valence-electron chi connectivity index (χ3n) is 1.99. The fourth-order valence-electron chi connectivity index (χ4n) is 1.09. The van der Waals surface area contributed by atoms with Crippen molar-refractivity contribution in [2.24, 2.45) is 0 Å². The molecule has 0 heterocycles. The van der Waals surface area contributed by atoms with Crippen LogP contribution in [-0.2, 0) is 4.79 Å². The zero-order chi connectivity index (χ0) is 13.5. The number of carbonyl (C=O) groups is 1. The topological polar surface area (TPSA) is 41.1 Å². The van der Waals surface area contributed by atoms with Crippen LogP contribution in [0, 0.1) is 0 Å². The summed E-state index contributed by atoms with van der Waals surface area (Å²) in [6.07, 6.45) is -4.49. The van der Waals surface area contributed by atoms with Crippen molar-refractivity contribution in [3.05, 3.63) is 0 Å². The molecule has 0 aromatic carbocycles. The fourth-order valence-corrected chi connectivity index (χ4v) is 1.09. The van der Waals surface area contributed by atoms with E-state index < -0.39 is 12.6 Å². The Morgan fingerprint density at radius 2 is 1.71 bits per heavy atom. The largest absolute Gasteiger partial charge is 0.389 e. The molecule has 102 valence electrons. The third kappa shape index (κ3) is 13.2. The number of amides is 1. The van der Waals surface area contributed by atoms with Gasteiger partial charge in [0.1, 0.15) is 0 Å². The number of rotatable bonds is 6. The Hall–Kier alpha value is -0.780. The van der Waals surface area contributed by atoms with Gasteiger partial charge >= 0.3 is 6.18 Å². The summed E-state index contributed by atoms with van der Waals surface area (Å²) in [7, 11) is 0. The van der Waals surface area contributed by atoms with Crippen molar-refractivity contribution >= 4 is 5.91 Å². The number of hydrogen-bond acceptors (Lipinski definition) is 2. The summed E-state index contributed by atoms with van der Waals surface area (Å²) in [5.74, 6) is -0.188. The van der Waals surface area contributed by atoms with E-state index in [4.69, 9.17) is 0 Å². The first-order valence-corrected chi connectivity index (χ1v) is 5.69. The summed E-state index contributed by atoms with van der Waals surface area (Å²) in [6.45, 7) is 6.28. The van der Waals surface area contributed by atoms with Crippen LogP contribution in [-0.4, -0.2) is 30.7 Å². The van der Waals surface area contributed by atoms with Gasteiger partial charge in [-0.15, -0.1) is 0 Å². The molecule has 0 aliphatic heterocycles. The van der Waals surface area contributed by atoms with Gasteiger partial charge in [0.25, 0.3) is 0 Å². The third-order valence-corrected chi connectivity index (χ3v) is 1.99. The van der Waals surface area contributed by atoms with Crippen LogP contribution in [0.3, 0.4) is 0 Å². The van der Waals surface area contributed by atoms with Crippen molar-refractivity contribution in [1.82, 2.24) is 10.6 Å². The molecule has 0 bridgehead atoms. The molecule has 0 radical (unpaired) electrons. The van der Waals surface area contributed by atoms with Crippen molar-refractivity contribution in [3.8, 4) is 0 Å². The Bertz CT molecular complexity index is 234. The molecule has 0 aromatic heterocycles. The molecule has 0 rings (SSSR count). The van der Waals surface area contributed by atoms with Crippen molar-refractivity contribution in [3.63, 3.8) is 0 Å². The first kappa shape index (κ1) is 16.2. The van der Waals surface area contributed by atoms with Gasteiger partial charge in [-0.2, -0.15) is 13.2 Å². The van der Waals surface area contributed by atoms with E-state index in [0.29, 0.717) is 13.0 Å². The van der Waals surface area contributed by atoms with E-state index in [1.165, 1.54) is 0 Å². The lowest BCUT2D eigenvalue weighted by Gasteiger charge is -2.20. The summed E-state index contributed by atoms with van der Waals surface area (Å²) in [5, 5.41) is 5.57. The van der Waals surface area contributed by atoms with Gasteiger partial charge in [-0.05, 0) is 33.6 Å². The summed E-state index contributed by atoms with van der Waals surface area (Å²) in [6, 6.07) is 0. The molecule has 0 spiro atoms. The second-order valence-corrected chi connectivity index (χ2v) is 5.03. The van der Waals surface area contributed by atoms with Gasteiger partial charge in [-0.1, -0.05) is 0 Å². The van der Waals surface area contributed by atoms with Gasteiger partial charge in [-0.25, -0.2) is 0 Å². The average Bonchev–Trinajstić information content (AvgIpc) is 2.11. The van der Waals surface area contributed by atoms with E-state index in [2.05, 4.69) is 10.6 Å². The number of alkyl halides is 3. The summed E-state index contributed by atoms with van der Waals surface area (Å²) >= 11 is 0. The molecule has 0 aliphatic rings. The van der Waals surface area contributed by atoms with E-state index in [-0.39, 0.29) is 24.4 Å². The molecule has 0 saturated heterocycles. The number of nitrogens with one attached hydrogen (secondary N) is 2. The SMILES string of the molecule is CC(C)(C)NCC(=O)NCCCCC(F)(F)F. The Morgan fingerprint density at radius 1 is 1.12 bits per heavy atom. The number of carbonyl (C=O) groups excluding carboxylic acids is 1. The molecule has 0 unspecified atom stereocenters. The predicted molar refractivity (Wildman–Crippen MR) is 60.7 cm³/mol. The molecule has 1 amide bonds. The maximum absolute atomic E-state index is 11.8. The smallest absolute Gasteiger partial charge is 0.355 e. The van der Waals surface area contributed by atoms with Gasteiger partial charge in [-0.3, -0.25) is 4.79 Å². The second-order valence-electron chi connectivity index (χ2n) is 5.03. The minimum absolute atomic E-state index is 0.0521. The predicted octanol–water partition coefficient (Wildman–Crippen LogP) is 2.22. The Morgan fingerprint density at radius 3 is 2.18 bits per heavy atom. The van der Waals surface area contributed by atoms with Crippen LogP contribution >= 0.6 is 0 Å². The summed E-state index contributed by atoms with van der Waals surface area (Å²) < 4.78 is 35.4. The van der Waals surface area contributed by atoms with Gasteiger partial charge in [0, 0.05) is 18.5 Å². The number of hydrogen-bond donors (Lipinski definition) is 2. The van der Waals surface area contributed by atoms with E-state index in [9.17, 15) is 18.0 Å². The van der Waals surface area contributed by atoms with E-state index in [1.54, 1.807) is 0 Å². The van der Waals surface area contributed by atoms with Crippen LogP contribution in [0.4, 0.5) is 13.2 Å². The minimum atomic E-state index is -4.10. The second kappa shape index (κ2) is 6.83. The van der Waals surface area contributed by atoms with E-state index in [0.717, 1.165) is 0 Å². The first-order chi connectivity index (χ1) is 7.60. The Kier molecular flexibility index (Phi) is 6.52. The molecular weight excluding hydrogens is 233 g/mol. The lowest BCUT2D eigenvalue weighted by molar-refractivity contribution is -0.135. The van der Waals surface area contributed by atoms with Gasteiger partial charge in [0.15, 0.2) is 0 Å². The highest BCUT2D eigenvalue weighted by Gasteiger charge is 2.25. The van der Waals surface area contributed by atoms with Crippen LogP contribution in [0.2, 0.25) is 0 Å². The Labute approximate surface area is 100 Å². The van der Waals surface area contributed by atoms with Gasteiger partial charge in [0.05, 0.1) is 6.54 Å². The standard InChI is InChI=1S/C11H21F3N2O/c1-10(2,3)16-8-9(17)15-7-5-4-6-11(12,13)14/h16H,4-8H2,1-3H3,(H,15,17). The van der Waals surface area contributed by atoms with Crippen LogP contribution in [0.25, 0.3) is 0 Å². The van der Waals surface area contributed by atoms with Crippen molar-refractivity contribution in [2.75, 3.05) is 13.1 Å². The highest BCUT2D eigenvalue weighted by atomic mass is 19.4. The van der Waals surface area contributed by atoms with Crippen molar-refractivity contribution < 1.29 is 18.0 Å². The molecule has 0 atom stereocenters. The summed E-state index contributed by atoms with van der Waals surface area (Å²) in [5.41, 5.74) is -0.145. The molecule has 0 fully saturated rings. The average molecular weight is 254 g/mol. The van der Waals surface area contributed by atoms with Crippen LogP contribution in [0.5, 0.6) is 0 Å². The highest BCUT2D eigenvalue weighted by Crippen LogP contribution is 2.21. The van der Waals surface area contributed by atoms with Gasteiger partial charge < -0.3 is 10.6 Å². The van der Waals surface area contributed by atoms with Crippen LogP contribution < -0.4 is 10.6 Å². The summed E-state index contributed by atoms with van der Waals surface area (Å²) in [4.78, 5) is 11.3. The molecule has 0 aliphatic carbocycles. The monoisotopic (exact) mass is 254 g/mol. The van der Waals surface area contributed by atoms with E-state index in [1.807, 2.05) is 20.8 Å². The van der Waals surface area contributed by atoms with Crippen LogP contribution in [0.15, 0.2) is 0 Å². The fraction of sp³-hybridized carbons (Fsp3) is 0.909. The van der Waals surface area contributed by atoms with E-state index >= 15 is 0 Å². The quantitative estimate of drug-likeness (QED) is 0.714. The number of unbranched alkanes of at least 4 members (excludes halogenated alkanes) is 1. The highest BCUT2D eigenvalue weighted by molar-refractivity contribution is 5.78. The van der Waals surface area contributed by atoms with Crippen LogP contribution in [0.1, 0.15) is 40.0 Å². The maximum Gasteiger partial charge on any atom is 0.389 e. The minimum Gasteiger partial charge on any atom is -0.355 e. The normalized spacial score (nSPS) is 12.6. The van der Waals surface area contributed by atoms with Crippen molar-refractivity contribution in [1.29, 1.82) is 0 Å². The van der Waals surface area contributed by atoms with Crippen molar-refractivity contribution in [2.45, 2.75) is 51.7 Å². The lowest BCUT2D eigenvalue weighted by Crippen LogP contribution is -2.43.